The van der Waals surface area contributed by atoms with E-state index < -0.39 is 99.1 Å². The van der Waals surface area contributed by atoms with Crippen molar-refractivity contribution in [2.45, 2.75) is 43.7 Å². The maximum Gasteiger partial charge on any atom is 0.433 e. The van der Waals surface area contributed by atoms with E-state index in [1.807, 2.05) is 0 Å². The van der Waals surface area contributed by atoms with Crippen LogP contribution in [0, 0.1) is 11.6 Å². The van der Waals surface area contributed by atoms with Crippen LogP contribution in [0.4, 0.5) is 40.8 Å². The monoisotopic (exact) mass is 772 g/mol. The molecule has 54 heavy (non-hydrogen) atoms. The number of alkyl halides is 6. The zero-order chi connectivity index (χ0) is 39.7. The van der Waals surface area contributed by atoms with Gasteiger partial charge < -0.3 is 19.9 Å². The molecule has 290 valence electrons. The Balaban J connectivity index is 1.44. The highest BCUT2D eigenvalue weighted by molar-refractivity contribution is 6.24. The second-order valence-electron chi connectivity index (χ2n) is 12.5. The minimum absolute atomic E-state index is 0.0746. The van der Waals surface area contributed by atoms with E-state index in [2.05, 4.69) is 20.0 Å². The van der Waals surface area contributed by atoms with Crippen LogP contribution in [0.25, 0.3) is 11.3 Å². The Kier molecular flexibility index (Phi) is 11.2. The number of carbonyl (C=O) groups excluding carboxylic acids is 3. The Labute approximate surface area is 301 Å². The van der Waals surface area contributed by atoms with Crippen molar-refractivity contribution < 1.29 is 64.1 Å². The smallest absolute Gasteiger partial charge is 0.433 e. The van der Waals surface area contributed by atoms with Gasteiger partial charge in [0.25, 0.3) is 11.8 Å². The zero-order valence-corrected chi connectivity index (χ0v) is 28.7. The van der Waals surface area contributed by atoms with Gasteiger partial charge in [0.1, 0.15) is 30.0 Å². The van der Waals surface area contributed by atoms with E-state index in [4.69, 9.17) is 4.74 Å². The van der Waals surface area contributed by atoms with Crippen LogP contribution in [0.15, 0.2) is 54.1 Å². The zero-order valence-electron chi connectivity index (χ0n) is 28.7. The lowest BCUT2D eigenvalue weighted by Gasteiger charge is -2.54. The maximum absolute atomic E-state index is 15.4. The fourth-order valence-corrected chi connectivity index (χ4v) is 5.97. The fraction of sp³-hybridized carbons (Fsp3) is 0.382. The number of methoxy groups -OCH3 is 1. The maximum atomic E-state index is 15.4. The van der Waals surface area contributed by atoms with Crippen LogP contribution in [0.1, 0.15) is 36.1 Å². The standard InChI is InChI=1S/C34H32F8N6O6/c1-46(16-25(49)53-3)11-12-54-23-8-5-18(27(35)28(23)36)15-48-31(52)26(29(50)32(47(48)2)9-4-10-32)30(51)45-21-7-6-19(33(37,38)39)13-20(21)22-14-24(34(40,41)42)44-17-43-22/h5-8,13-14,17,50H,4,9-12,15-16H2,1-3H3,(H,45,51). The van der Waals surface area contributed by atoms with Crippen LogP contribution in [0.3, 0.4) is 0 Å². The summed E-state index contributed by atoms with van der Waals surface area (Å²) >= 11 is 0. The molecule has 1 aromatic heterocycles. The van der Waals surface area contributed by atoms with Gasteiger partial charge in [-0.15, -0.1) is 0 Å². The van der Waals surface area contributed by atoms with Crippen molar-refractivity contribution in [2.75, 3.05) is 46.2 Å². The molecule has 12 nitrogen and oxygen atoms in total. The number of likely N-dealkylation sites (N-methyl/N-ethyl adjacent to an activating group) is 2. The van der Waals surface area contributed by atoms with Gasteiger partial charge in [0.05, 0.1) is 42.7 Å². The molecule has 5 rings (SSSR count). The van der Waals surface area contributed by atoms with Gasteiger partial charge in [0.15, 0.2) is 11.6 Å². The normalized spacial score (nSPS) is 16.1. The van der Waals surface area contributed by atoms with Gasteiger partial charge in [-0.2, -0.15) is 30.7 Å². The Bertz CT molecular complexity index is 1980. The van der Waals surface area contributed by atoms with Crippen molar-refractivity contribution in [3.63, 3.8) is 0 Å². The number of aliphatic hydroxyl groups excluding tert-OH is 1. The van der Waals surface area contributed by atoms with E-state index in [1.165, 1.54) is 24.1 Å². The second-order valence-corrected chi connectivity index (χ2v) is 12.5. The minimum atomic E-state index is -5.00. The Hall–Kier alpha value is -5.37. The summed E-state index contributed by atoms with van der Waals surface area (Å²) in [7, 11) is 4.18. The first-order valence-electron chi connectivity index (χ1n) is 16.0. The van der Waals surface area contributed by atoms with Crippen LogP contribution < -0.4 is 10.1 Å². The molecule has 3 aromatic rings. The highest BCUT2D eigenvalue weighted by Gasteiger charge is 2.55. The van der Waals surface area contributed by atoms with Crippen LogP contribution in [0.5, 0.6) is 5.75 Å². The highest BCUT2D eigenvalue weighted by Crippen LogP contribution is 2.47. The molecule has 20 heteroatoms. The molecule has 2 amide bonds. The summed E-state index contributed by atoms with van der Waals surface area (Å²) in [6.45, 7) is -0.716. The molecule has 1 saturated carbocycles. The van der Waals surface area contributed by atoms with Gasteiger partial charge in [-0.1, -0.05) is 6.07 Å². The number of hydrogen-bond acceptors (Lipinski definition) is 10. The molecule has 1 aliphatic carbocycles. The van der Waals surface area contributed by atoms with Crippen molar-refractivity contribution >= 4 is 23.5 Å². The van der Waals surface area contributed by atoms with Crippen molar-refractivity contribution in [1.82, 2.24) is 24.9 Å². The third kappa shape index (κ3) is 7.93. The molecule has 2 heterocycles. The third-order valence-electron chi connectivity index (χ3n) is 9.15. The highest BCUT2D eigenvalue weighted by atomic mass is 19.4. The van der Waals surface area contributed by atoms with Gasteiger partial charge in [0, 0.05) is 24.7 Å². The van der Waals surface area contributed by atoms with Crippen LogP contribution in [-0.4, -0.2) is 94.2 Å². The Morgan fingerprint density at radius 2 is 1.72 bits per heavy atom. The molecule has 0 saturated heterocycles. The largest absolute Gasteiger partial charge is 0.509 e. The van der Waals surface area contributed by atoms with E-state index in [0.29, 0.717) is 30.9 Å². The third-order valence-corrected chi connectivity index (χ3v) is 9.15. The molecule has 1 aliphatic heterocycles. The lowest BCUT2D eigenvalue weighted by atomic mass is 9.72. The number of nitrogens with one attached hydrogen (secondary N) is 1. The van der Waals surface area contributed by atoms with Crippen molar-refractivity contribution in [2.24, 2.45) is 0 Å². The molecule has 0 bridgehead atoms. The Morgan fingerprint density at radius 1 is 1.02 bits per heavy atom. The molecule has 0 atom stereocenters. The number of benzene rings is 2. The summed E-state index contributed by atoms with van der Waals surface area (Å²) in [6.07, 6.45) is -8.55. The number of ether oxygens (including phenoxy) is 2. The van der Waals surface area contributed by atoms with Crippen molar-refractivity contribution in [3.05, 3.63) is 82.5 Å². The average Bonchev–Trinajstić information content (AvgIpc) is 3.08. The summed E-state index contributed by atoms with van der Waals surface area (Å²) in [4.78, 5) is 47.4. The average molecular weight is 773 g/mol. The summed E-state index contributed by atoms with van der Waals surface area (Å²) in [5.74, 6) is -7.00. The number of carbonyl (C=O) groups is 3. The van der Waals surface area contributed by atoms with Gasteiger partial charge in [-0.05, 0) is 56.6 Å². The number of aliphatic hydroxyl groups is 1. The van der Waals surface area contributed by atoms with Crippen LogP contribution in [0.2, 0.25) is 0 Å². The molecule has 0 unspecified atom stereocenters. The molecule has 2 aromatic carbocycles. The number of halogens is 8. The van der Waals surface area contributed by atoms with E-state index in [-0.39, 0.29) is 38.1 Å². The summed E-state index contributed by atoms with van der Waals surface area (Å²) in [5.41, 5.74) is -7.13. The quantitative estimate of drug-likeness (QED) is 0.146. The molecule has 0 radical (unpaired) electrons. The lowest BCUT2D eigenvalue weighted by Crippen LogP contribution is -2.65. The number of amides is 2. The topological polar surface area (TPSA) is 137 Å². The van der Waals surface area contributed by atoms with Gasteiger partial charge in [-0.3, -0.25) is 24.3 Å². The molecular weight excluding hydrogens is 740 g/mol. The minimum Gasteiger partial charge on any atom is -0.509 e. The summed E-state index contributed by atoms with van der Waals surface area (Å²) in [6, 6.07) is 4.38. The molecule has 1 spiro atoms. The first-order valence-corrected chi connectivity index (χ1v) is 16.0. The number of rotatable bonds is 11. The van der Waals surface area contributed by atoms with Crippen molar-refractivity contribution in [3.8, 4) is 17.0 Å². The predicted octanol–water partition coefficient (Wildman–Crippen LogP) is 5.51. The van der Waals surface area contributed by atoms with Crippen molar-refractivity contribution in [1.29, 1.82) is 0 Å². The van der Waals surface area contributed by atoms with E-state index in [0.717, 1.165) is 23.2 Å². The summed E-state index contributed by atoms with van der Waals surface area (Å²) in [5, 5.41) is 15.7. The molecular formula is C34H32F8N6O6. The van der Waals surface area contributed by atoms with E-state index in [1.54, 1.807) is 7.05 Å². The predicted molar refractivity (Wildman–Crippen MR) is 172 cm³/mol. The molecule has 2 aliphatic rings. The Morgan fingerprint density at radius 3 is 2.33 bits per heavy atom. The van der Waals surface area contributed by atoms with Gasteiger partial charge >= 0.3 is 18.3 Å². The van der Waals surface area contributed by atoms with E-state index in [9.17, 15) is 45.8 Å². The molecule has 1 fully saturated rings. The van der Waals surface area contributed by atoms with Gasteiger partial charge in [0.2, 0.25) is 5.82 Å². The first kappa shape index (κ1) is 39.8. The fourth-order valence-electron chi connectivity index (χ4n) is 5.97. The summed E-state index contributed by atoms with van der Waals surface area (Å²) < 4.78 is 122. The SMILES string of the molecule is COC(=O)CN(C)CCOc1ccc(CN2C(=O)C(C(=O)Nc3ccc(C(F)(F)F)cc3-c3cc(C(F)(F)F)ncn3)=C(O)C3(CCC3)N2C)c(F)c1F. The second kappa shape index (κ2) is 15.2. The molecule has 2 N–H and O–H groups in total. The van der Waals surface area contributed by atoms with Crippen LogP contribution in [-0.2, 0) is 38.0 Å². The number of nitrogens with zero attached hydrogens (tertiary/aromatic N) is 5. The number of esters is 1. The number of aromatic nitrogens is 2. The number of hydrogen-bond donors (Lipinski definition) is 2. The van der Waals surface area contributed by atoms with E-state index >= 15 is 8.78 Å². The number of anilines is 1. The lowest BCUT2D eigenvalue weighted by molar-refractivity contribution is -0.172. The van der Waals surface area contributed by atoms with Crippen LogP contribution >= 0.6 is 0 Å². The number of hydrazine groups is 1. The first-order chi connectivity index (χ1) is 25.3. The van der Waals surface area contributed by atoms with Gasteiger partial charge in [-0.25, -0.2) is 19.4 Å².